The number of nitrogens with zero attached hydrogens (tertiary/aromatic N) is 1. The van der Waals surface area contributed by atoms with Crippen molar-refractivity contribution in [2.45, 2.75) is 39.7 Å². The van der Waals surface area contributed by atoms with E-state index in [1.165, 1.54) is 0 Å². The fourth-order valence-corrected chi connectivity index (χ4v) is 3.15. The maximum Gasteiger partial charge on any atom is 0.263 e. The van der Waals surface area contributed by atoms with Crippen LogP contribution in [0.4, 0.5) is 0 Å². The van der Waals surface area contributed by atoms with Crippen molar-refractivity contribution in [1.29, 1.82) is 0 Å². The number of hydrogen-bond donors (Lipinski definition) is 1. The second-order valence-electron chi connectivity index (χ2n) is 7.07. The maximum absolute atomic E-state index is 12.9. The molecule has 1 aromatic rings. The van der Waals surface area contributed by atoms with Crippen LogP contribution in [0.1, 0.15) is 33.6 Å². The van der Waals surface area contributed by atoms with E-state index in [1.54, 1.807) is 12.1 Å². The van der Waals surface area contributed by atoms with E-state index < -0.39 is 6.10 Å². The van der Waals surface area contributed by atoms with Gasteiger partial charge in [-0.3, -0.25) is 4.79 Å². The molecule has 1 N–H and O–H groups in total. The molecule has 5 heteroatoms. The van der Waals surface area contributed by atoms with Crippen LogP contribution in [0.3, 0.4) is 0 Å². The van der Waals surface area contributed by atoms with Crippen molar-refractivity contribution >= 4 is 17.5 Å². The first-order chi connectivity index (χ1) is 10.8. The molecule has 1 amide bonds. The number of likely N-dealkylation sites (tertiary alicyclic amines) is 1. The minimum Gasteiger partial charge on any atom is -0.480 e. The molecular formula is C18H26ClNO3. The van der Waals surface area contributed by atoms with E-state index in [4.69, 9.17) is 16.3 Å². The van der Waals surface area contributed by atoms with Crippen LogP contribution >= 0.6 is 11.6 Å². The molecule has 0 aromatic heterocycles. The Morgan fingerprint density at radius 3 is 2.83 bits per heavy atom. The average Bonchev–Trinajstić information content (AvgIpc) is 2.52. The quantitative estimate of drug-likeness (QED) is 0.894. The highest BCUT2D eigenvalue weighted by Crippen LogP contribution is 2.30. The Morgan fingerprint density at radius 1 is 1.48 bits per heavy atom. The zero-order chi connectivity index (χ0) is 17.0. The summed E-state index contributed by atoms with van der Waals surface area (Å²) < 4.78 is 5.94. The van der Waals surface area contributed by atoms with E-state index in [9.17, 15) is 9.90 Å². The molecule has 23 heavy (non-hydrogen) atoms. The van der Waals surface area contributed by atoms with E-state index in [1.807, 2.05) is 37.8 Å². The summed E-state index contributed by atoms with van der Waals surface area (Å²) in [6.07, 6.45) is 1.30. The molecule has 1 heterocycles. The Morgan fingerprint density at radius 2 is 2.22 bits per heavy atom. The second-order valence-corrected chi connectivity index (χ2v) is 7.51. The molecule has 1 saturated heterocycles. The summed E-state index contributed by atoms with van der Waals surface area (Å²) in [5.41, 5.74) is -0.217. The number of aliphatic hydroxyl groups excluding tert-OH is 1. The largest absolute Gasteiger partial charge is 0.480 e. The summed E-state index contributed by atoms with van der Waals surface area (Å²) >= 11 is 5.99. The van der Waals surface area contributed by atoms with Gasteiger partial charge in [0.05, 0.1) is 6.61 Å². The monoisotopic (exact) mass is 339 g/mol. The predicted octanol–water partition coefficient (Wildman–Crippen LogP) is 3.36. The lowest BCUT2D eigenvalue weighted by atomic mass is 9.82. The number of hydrogen-bond acceptors (Lipinski definition) is 3. The van der Waals surface area contributed by atoms with Gasteiger partial charge in [-0.2, -0.15) is 0 Å². The number of piperidine rings is 1. The van der Waals surface area contributed by atoms with Crippen LogP contribution in [0.5, 0.6) is 5.75 Å². The summed E-state index contributed by atoms with van der Waals surface area (Å²) in [5, 5.41) is 10.2. The van der Waals surface area contributed by atoms with Crippen molar-refractivity contribution in [2.24, 2.45) is 11.3 Å². The van der Waals surface area contributed by atoms with Crippen molar-refractivity contribution < 1.29 is 14.6 Å². The van der Waals surface area contributed by atoms with Gasteiger partial charge in [-0.25, -0.2) is 0 Å². The predicted molar refractivity (Wildman–Crippen MR) is 91.7 cm³/mol. The van der Waals surface area contributed by atoms with Gasteiger partial charge in [-0.15, -0.1) is 0 Å². The minimum atomic E-state index is -0.547. The lowest BCUT2D eigenvalue weighted by molar-refractivity contribution is -0.144. The molecule has 2 atom stereocenters. The molecule has 128 valence electrons. The normalized spacial score (nSPS) is 23.0. The smallest absolute Gasteiger partial charge is 0.263 e. The summed E-state index contributed by atoms with van der Waals surface area (Å²) in [4.78, 5) is 14.7. The molecule has 2 rings (SSSR count). The summed E-state index contributed by atoms with van der Waals surface area (Å²) in [5.74, 6) is 0.634. The molecule has 2 unspecified atom stereocenters. The zero-order valence-electron chi connectivity index (χ0n) is 14.1. The number of carbonyl (C=O) groups excluding carboxylic acids is 1. The third-order valence-electron chi connectivity index (χ3n) is 4.38. The van der Waals surface area contributed by atoms with Gasteiger partial charge in [0.25, 0.3) is 5.91 Å². The van der Waals surface area contributed by atoms with Gasteiger partial charge in [0.1, 0.15) is 5.75 Å². The molecule has 0 bridgehead atoms. The third-order valence-corrected chi connectivity index (χ3v) is 4.62. The number of rotatable bonds is 5. The number of halogens is 1. The molecular weight excluding hydrogens is 314 g/mol. The van der Waals surface area contributed by atoms with Crippen LogP contribution in [0.2, 0.25) is 5.02 Å². The highest BCUT2D eigenvalue weighted by Gasteiger charge is 2.36. The second kappa shape index (κ2) is 7.54. The lowest BCUT2D eigenvalue weighted by Crippen LogP contribution is -2.52. The van der Waals surface area contributed by atoms with Crippen LogP contribution in [0.15, 0.2) is 24.3 Å². The Bertz CT molecular complexity index is 549. The van der Waals surface area contributed by atoms with E-state index >= 15 is 0 Å². The maximum atomic E-state index is 12.9. The fourth-order valence-electron chi connectivity index (χ4n) is 2.97. The Balaban J connectivity index is 2.12. The molecule has 1 aliphatic rings. The van der Waals surface area contributed by atoms with Crippen LogP contribution in [-0.4, -0.2) is 41.7 Å². The first-order valence-electron chi connectivity index (χ1n) is 8.16. The van der Waals surface area contributed by atoms with Gasteiger partial charge in [0, 0.05) is 23.5 Å². The number of aliphatic hydroxyl groups is 1. The average molecular weight is 340 g/mol. The lowest BCUT2D eigenvalue weighted by Gasteiger charge is -2.41. The van der Waals surface area contributed by atoms with Crippen molar-refractivity contribution in [3.63, 3.8) is 0 Å². The van der Waals surface area contributed by atoms with Gasteiger partial charge >= 0.3 is 0 Å². The van der Waals surface area contributed by atoms with Crippen LogP contribution in [0, 0.1) is 11.3 Å². The topological polar surface area (TPSA) is 49.8 Å². The van der Waals surface area contributed by atoms with Gasteiger partial charge in [-0.1, -0.05) is 38.4 Å². The van der Waals surface area contributed by atoms with Crippen LogP contribution < -0.4 is 4.74 Å². The van der Waals surface area contributed by atoms with Gasteiger partial charge in [0.15, 0.2) is 6.10 Å². The highest BCUT2D eigenvalue weighted by molar-refractivity contribution is 6.30. The Hall–Kier alpha value is -1.26. The molecule has 0 aliphatic carbocycles. The first kappa shape index (κ1) is 18.1. The van der Waals surface area contributed by atoms with Gasteiger partial charge < -0.3 is 14.7 Å². The minimum absolute atomic E-state index is 0.0145. The van der Waals surface area contributed by atoms with Crippen molar-refractivity contribution in [3.05, 3.63) is 29.3 Å². The van der Waals surface area contributed by atoms with Crippen molar-refractivity contribution in [1.82, 2.24) is 4.90 Å². The summed E-state index contributed by atoms with van der Waals surface area (Å²) in [7, 11) is 0. The molecule has 0 radical (unpaired) electrons. The first-order valence-corrected chi connectivity index (χ1v) is 8.54. The van der Waals surface area contributed by atoms with E-state index in [2.05, 4.69) is 0 Å². The molecule has 0 spiro atoms. The Labute approximate surface area is 143 Å². The number of amides is 1. The summed E-state index contributed by atoms with van der Waals surface area (Å²) in [6, 6.07) is 7.11. The third kappa shape index (κ3) is 4.61. The van der Waals surface area contributed by atoms with Crippen molar-refractivity contribution in [3.8, 4) is 5.75 Å². The number of benzene rings is 1. The molecule has 1 aliphatic heterocycles. The van der Waals surface area contributed by atoms with Crippen LogP contribution in [-0.2, 0) is 4.79 Å². The van der Waals surface area contributed by atoms with Gasteiger partial charge in [0.2, 0.25) is 0 Å². The number of carbonyl (C=O) groups is 1. The number of ether oxygens (including phenoxy) is 1. The van der Waals surface area contributed by atoms with E-state index in [-0.39, 0.29) is 23.8 Å². The SMILES string of the molecule is CC(C)C(Oc1cccc(Cl)c1)C(=O)N1CCCC(C)(CO)C1. The Kier molecular flexibility index (Phi) is 5.93. The molecule has 1 fully saturated rings. The zero-order valence-corrected chi connectivity index (χ0v) is 14.8. The highest BCUT2D eigenvalue weighted by atomic mass is 35.5. The molecule has 4 nitrogen and oxygen atoms in total. The standard InChI is InChI=1S/C18H26ClNO3/c1-13(2)16(23-15-7-4-6-14(19)10-15)17(22)20-9-5-8-18(3,11-20)12-21/h4,6-7,10,13,16,21H,5,8-9,11-12H2,1-3H3. The van der Waals surface area contributed by atoms with E-state index in [0.717, 1.165) is 19.4 Å². The molecule has 0 saturated carbocycles. The molecule has 1 aromatic carbocycles. The van der Waals surface area contributed by atoms with Crippen LogP contribution in [0.25, 0.3) is 0 Å². The van der Waals surface area contributed by atoms with E-state index in [0.29, 0.717) is 17.3 Å². The fraction of sp³-hybridized carbons (Fsp3) is 0.611. The van der Waals surface area contributed by atoms with Gasteiger partial charge in [-0.05, 0) is 37.0 Å². The summed E-state index contributed by atoms with van der Waals surface area (Å²) in [6.45, 7) is 7.36. The van der Waals surface area contributed by atoms with Crippen molar-refractivity contribution in [2.75, 3.05) is 19.7 Å².